The number of alkyl halides is 1. The Kier molecular flexibility index (Phi) is 8.30. The zero-order valence-corrected chi connectivity index (χ0v) is 27.8. The monoisotopic (exact) mass is 652 g/mol. The number of imidazole rings is 1. The van der Waals surface area contributed by atoms with E-state index >= 15 is 0 Å². The third-order valence-electron chi connectivity index (χ3n) is 8.89. The average Bonchev–Trinajstić information content (AvgIpc) is 3.73. The highest BCUT2D eigenvalue weighted by Crippen LogP contribution is 2.39. The number of halogens is 1. The first-order valence-electron chi connectivity index (χ1n) is 16.6. The lowest BCUT2D eigenvalue weighted by Gasteiger charge is -2.31. The molecule has 1 aliphatic heterocycles. The van der Waals surface area contributed by atoms with E-state index < -0.39 is 24.4 Å². The van der Waals surface area contributed by atoms with Crippen LogP contribution in [0.2, 0.25) is 0 Å². The maximum absolute atomic E-state index is 13.9. The minimum absolute atomic E-state index is 0.0233. The van der Waals surface area contributed by atoms with Gasteiger partial charge in [0.1, 0.15) is 30.1 Å². The zero-order valence-electron chi connectivity index (χ0n) is 27.8. The Morgan fingerprint density at radius 1 is 1.08 bits per heavy atom. The summed E-state index contributed by atoms with van der Waals surface area (Å²) in [6, 6.07) is 19.4. The maximum atomic E-state index is 13.9. The fraction of sp³-hybridized carbons (Fsp3) is 0.405. The molecule has 10 nitrogen and oxygen atoms in total. The van der Waals surface area contributed by atoms with Crippen LogP contribution in [0.4, 0.5) is 9.18 Å². The highest BCUT2D eigenvalue weighted by atomic mass is 19.1. The van der Waals surface area contributed by atoms with Crippen LogP contribution in [0, 0.1) is 5.92 Å². The number of aryl methyl sites for hydroxylation is 1. The van der Waals surface area contributed by atoms with Crippen molar-refractivity contribution in [2.24, 2.45) is 13.0 Å². The van der Waals surface area contributed by atoms with Crippen LogP contribution in [0.5, 0.6) is 5.75 Å². The molecular weight excluding hydrogens is 611 g/mol. The van der Waals surface area contributed by atoms with Gasteiger partial charge in [0, 0.05) is 38.5 Å². The molecule has 0 spiro atoms. The number of alkyl carbamates (subject to hydrolysis) is 1. The van der Waals surface area contributed by atoms with E-state index in [0.717, 1.165) is 40.3 Å². The van der Waals surface area contributed by atoms with E-state index in [-0.39, 0.29) is 12.5 Å². The van der Waals surface area contributed by atoms with Gasteiger partial charge in [-0.05, 0) is 63.3 Å². The van der Waals surface area contributed by atoms with Gasteiger partial charge in [0.15, 0.2) is 11.5 Å². The molecule has 2 aliphatic rings. The zero-order chi connectivity index (χ0) is 33.6. The van der Waals surface area contributed by atoms with Crippen LogP contribution >= 0.6 is 0 Å². The first-order chi connectivity index (χ1) is 23.1. The summed E-state index contributed by atoms with van der Waals surface area (Å²) in [7, 11) is 1.96. The number of aromatic nitrogens is 4. The molecule has 1 fully saturated rings. The van der Waals surface area contributed by atoms with Crippen LogP contribution in [0.25, 0.3) is 33.6 Å². The molecule has 4 heterocycles. The number of nitrogens with one attached hydrogen (secondary N) is 1. The lowest BCUT2D eigenvalue weighted by atomic mass is 10.0. The van der Waals surface area contributed by atoms with Crippen LogP contribution in [0.15, 0.2) is 60.7 Å². The number of rotatable bonds is 10. The molecule has 250 valence electrons. The van der Waals surface area contributed by atoms with Crippen LogP contribution in [-0.4, -0.2) is 67.4 Å². The topological polar surface area (TPSA) is 104 Å². The quantitative estimate of drug-likeness (QED) is 0.186. The van der Waals surface area contributed by atoms with E-state index in [1.165, 1.54) is 12.8 Å². The molecule has 1 aliphatic carbocycles. The second kappa shape index (κ2) is 12.6. The molecule has 48 heavy (non-hydrogen) atoms. The Hall–Kier alpha value is -4.93. The number of para-hydroxylation sites is 1. The molecule has 2 aromatic carbocycles. The van der Waals surface area contributed by atoms with Crippen molar-refractivity contribution < 1.29 is 23.5 Å². The molecule has 5 aromatic rings. The second-order valence-electron chi connectivity index (χ2n) is 13.9. The number of nitrogens with zero attached hydrogens (tertiary/aromatic N) is 5. The summed E-state index contributed by atoms with van der Waals surface area (Å²) < 4.78 is 29.9. The first-order valence-corrected chi connectivity index (χ1v) is 16.6. The van der Waals surface area contributed by atoms with Gasteiger partial charge in [-0.25, -0.2) is 19.2 Å². The van der Waals surface area contributed by atoms with E-state index in [4.69, 9.17) is 19.4 Å². The molecule has 0 saturated heterocycles. The largest absolute Gasteiger partial charge is 0.487 e. The molecule has 2 amide bonds. The summed E-state index contributed by atoms with van der Waals surface area (Å²) in [4.78, 5) is 37.5. The van der Waals surface area contributed by atoms with Crippen LogP contribution in [0.3, 0.4) is 0 Å². The molecule has 7 rings (SSSR count). The summed E-state index contributed by atoms with van der Waals surface area (Å²) in [5, 5.41) is 3.63. The maximum Gasteiger partial charge on any atom is 0.408 e. The van der Waals surface area contributed by atoms with Crippen LogP contribution < -0.4 is 10.1 Å². The number of carbonyl (C=O) groups excluding carboxylic acids is 2. The number of carbonyl (C=O) groups is 2. The SMILES string of the molecule is Cn1c(-c2cc3cccc(OCc4ccccc4)c3n2CC2CC2)nc2cc3c(nc21)CCN(C[C@@H](CF)NC(=O)OC(C)(C)C)C3=O. The highest BCUT2D eigenvalue weighted by molar-refractivity contribution is 5.99. The lowest BCUT2D eigenvalue weighted by molar-refractivity contribution is 0.0465. The Labute approximate surface area is 278 Å². The van der Waals surface area contributed by atoms with E-state index in [1.807, 2.05) is 41.9 Å². The van der Waals surface area contributed by atoms with Gasteiger partial charge in [-0.2, -0.15) is 0 Å². The molecule has 0 bridgehead atoms. The molecule has 0 radical (unpaired) electrons. The van der Waals surface area contributed by atoms with Crippen molar-refractivity contribution in [3.63, 3.8) is 0 Å². The van der Waals surface area contributed by atoms with Gasteiger partial charge in [-0.1, -0.05) is 42.5 Å². The Morgan fingerprint density at radius 3 is 2.60 bits per heavy atom. The predicted molar refractivity (Wildman–Crippen MR) is 182 cm³/mol. The van der Waals surface area contributed by atoms with Gasteiger partial charge in [0.2, 0.25) is 0 Å². The number of fused-ring (bicyclic) bond motifs is 3. The van der Waals surface area contributed by atoms with Gasteiger partial charge in [0.05, 0.1) is 28.5 Å². The predicted octanol–water partition coefficient (Wildman–Crippen LogP) is 6.44. The van der Waals surface area contributed by atoms with Crippen molar-refractivity contribution in [2.45, 2.75) is 64.8 Å². The van der Waals surface area contributed by atoms with Gasteiger partial charge < -0.3 is 28.8 Å². The molecule has 1 saturated carbocycles. The average molecular weight is 653 g/mol. The summed E-state index contributed by atoms with van der Waals surface area (Å²) in [5.41, 5.74) is 4.84. The molecule has 1 atom stereocenters. The Morgan fingerprint density at radius 2 is 1.88 bits per heavy atom. The summed E-state index contributed by atoms with van der Waals surface area (Å²) in [5.74, 6) is 1.93. The molecule has 3 aromatic heterocycles. The van der Waals surface area contributed by atoms with Gasteiger partial charge in [-0.15, -0.1) is 0 Å². The minimum Gasteiger partial charge on any atom is -0.487 e. The third kappa shape index (κ3) is 6.46. The molecule has 0 unspecified atom stereocenters. The van der Waals surface area contributed by atoms with Gasteiger partial charge in [-0.3, -0.25) is 4.79 Å². The fourth-order valence-electron chi connectivity index (χ4n) is 6.39. The number of ether oxygens (including phenoxy) is 2. The minimum atomic E-state index is -0.890. The van der Waals surface area contributed by atoms with Crippen molar-refractivity contribution >= 4 is 34.1 Å². The van der Waals surface area contributed by atoms with Gasteiger partial charge >= 0.3 is 6.09 Å². The first kappa shape index (κ1) is 31.7. The van der Waals surface area contributed by atoms with Crippen LogP contribution in [0.1, 0.15) is 55.2 Å². The van der Waals surface area contributed by atoms with Crippen molar-refractivity contribution in [1.82, 2.24) is 29.3 Å². The molecule has 11 heteroatoms. The van der Waals surface area contributed by atoms with Crippen molar-refractivity contribution in [3.05, 3.63) is 77.5 Å². The third-order valence-corrected chi connectivity index (χ3v) is 8.89. The molecular formula is C37H41FN6O4. The second-order valence-corrected chi connectivity index (χ2v) is 13.9. The summed E-state index contributed by atoms with van der Waals surface area (Å²) in [6.45, 7) is 6.11. The Balaban J connectivity index is 1.19. The van der Waals surface area contributed by atoms with E-state index in [1.54, 1.807) is 31.7 Å². The lowest BCUT2D eigenvalue weighted by Crippen LogP contribution is -2.50. The normalized spacial score (nSPS) is 15.5. The van der Waals surface area contributed by atoms with E-state index in [2.05, 4.69) is 34.1 Å². The standard InChI is InChI=1S/C37H41FN6O4/c1-37(2,3)48-36(46)39-26(19-38)21-43-16-15-28-27(35(43)45)18-29-33(40-28)42(4)34(41-29)30-17-25-11-8-12-31(32(25)44(30)20-23-13-14-23)47-22-24-9-6-5-7-10-24/h5-12,17-18,23,26H,13-16,19-22H2,1-4H3,(H,39,46)/t26-/m1/s1. The number of hydrogen-bond acceptors (Lipinski definition) is 6. The van der Waals surface area contributed by atoms with Crippen molar-refractivity contribution in [3.8, 4) is 17.3 Å². The number of amides is 2. The van der Waals surface area contributed by atoms with Crippen molar-refractivity contribution in [1.29, 1.82) is 0 Å². The van der Waals surface area contributed by atoms with E-state index in [9.17, 15) is 14.0 Å². The smallest absolute Gasteiger partial charge is 0.408 e. The summed E-state index contributed by atoms with van der Waals surface area (Å²) in [6.07, 6.45) is 2.18. The van der Waals surface area contributed by atoms with Crippen molar-refractivity contribution in [2.75, 3.05) is 19.8 Å². The number of benzene rings is 2. The fourth-order valence-corrected chi connectivity index (χ4v) is 6.39. The molecule has 1 N–H and O–H groups in total. The number of hydrogen-bond donors (Lipinski definition) is 1. The highest BCUT2D eigenvalue weighted by Gasteiger charge is 2.31. The Bertz CT molecular complexity index is 1990. The van der Waals surface area contributed by atoms with Gasteiger partial charge in [0.25, 0.3) is 5.91 Å². The van der Waals surface area contributed by atoms with Crippen LogP contribution in [-0.2, 0) is 31.4 Å². The van der Waals surface area contributed by atoms with E-state index in [0.29, 0.717) is 47.9 Å². The summed E-state index contributed by atoms with van der Waals surface area (Å²) >= 11 is 0. The number of pyridine rings is 1.